The van der Waals surface area contributed by atoms with Crippen LogP contribution in [0, 0.1) is 0 Å². The molecule has 2 aromatic rings. The van der Waals surface area contributed by atoms with Gasteiger partial charge in [0.05, 0.1) is 0 Å². The van der Waals surface area contributed by atoms with Gasteiger partial charge in [-0.05, 0) is 10.6 Å². The van der Waals surface area contributed by atoms with Gasteiger partial charge in [0.15, 0.2) is 0 Å². The molecule has 0 spiro atoms. The Labute approximate surface area is 124 Å². The van der Waals surface area contributed by atoms with Crippen molar-refractivity contribution in [3.05, 3.63) is 60.7 Å². The monoisotopic (exact) mass is 308 g/mol. The highest BCUT2D eigenvalue weighted by atomic mass is 31.1. The van der Waals surface area contributed by atoms with Crippen LogP contribution in [0.15, 0.2) is 60.7 Å². The smallest absolute Gasteiger partial charge is 0.379 e. The lowest BCUT2D eigenvalue weighted by molar-refractivity contribution is 0.163. The maximum atomic E-state index is 4.74. The zero-order valence-corrected chi connectivity index (χ0v) is 14.2. The number of benzene rings is 2. The molecule has 0 aromatic heterocycles. The molecule has 0 saturated carbocycles. The molecule has 0 aliphatic carbocycles. The first-order chi connectivity index (χ1) is 9.80. The van der Waals surface area contributed by atoms with Crippen LogP contribution in [-0.4, -0.2) is 30.9 Å². The van der Waals surface area contributed by atoms with Gasteiger partial charge in [0, 0.05) is 21.3 Å². The van der Waals surface area contributed by atoms with Crippen molar-refractivity contribution in [3.63, 3.8) is 0 Å². The summed E-state index contributed by atoms with van der Waals surface area (Å²) >= 11 is 0. The van der Waals surface area contributed by atoms with Crippen LogP contribution in [0.1, 0.15) is 0 Å². The molecule has 2 aromatic carbocycles. The van der Waals surface area contributed by atoms with E-state index < -0.39 is 9.53 Å². The highest BCUT2D eigenvalue weighted by Gasteiger charge is 2.04. The second-order valence-corrected chi connectivity index (χ2v) is 7.25. The summed E-state index contributed by atoms with van der Waals surface area (Å²) in [6, 6.07) is 21.2. The van der Waals surface area contributed by atoms with Crippen molar-refractivity contribution in [3.8, 4) is 0 Å². The predicted octanol–water partition coefficient (Wildman–Crippen LogP) is 1.96. The summed E-state index contributed by atoms with van der Waals surface area (Å²) in [7, 11) is 3.83. The van der Waals surface area contributed by atoms with Gasteiger partial charge >= 0.3 is 9.53 Å². The first-order valence-corrected chi connectivity index (χ1v) is 8.67. The number of rotatable bonds is 5. The predicted molar refractivity (Wildman–Crippen MR) is 88.6 cm³/mol. The first-order valence-electron chi connectivity index (χ1n) is 6.25. The second kappa shape index (κ2) is 10.7. The average Bonchev–Trinajstić information content (AvgIpc) is 2.52. The molecule has 3 nitrogen and oxygen atoms in total. The van der Waals surface area contributed by atoms with Gasteiger partial charge in [0.1, 0.15) is 0 Å². The Morgan fingerprint density at radius 1 is 0.650 bits per heavy atom. The summed E-state index contributed by atoms with van der Waals surface area (Å²) in [6.07, 6.45) is 0. The first kappa shape index (κ1) is 17.0. The van der Waals surface area contributed by atoms with Crippen molar-refractivity contribution in [2.75, 3.05) is 21.3 Å². The van der Waals surface area contributed by atoms with Gasteiger partial charge in [-0.15, -0.1) is 0 Å². The van der Waals surface area contributed by atoms with E-state index in [2.05, 4.69) is 60.7 Å². The Kier molecular flexibility index (Phi) is 9.12. The zero-order chi connectivity index (χ0) is 14.6. The molecule has 0 bridgehead atoms. The van der Waals surface area contributed by atoms with Crippen LogP contribution in [0.5, 0.6) is 0 Å². The lowest BCUT2D eigenvalue weighted by Crippen LogP contribution is -2.21. The van der Waals surface area contributed by atoms with E-state index in [0.29, 0.717) is 0 Å². The van der Waals surface area contributed by atoms with Crippen molar-refractivity contribution in [2.24, 2.45) is 0 Å². The van der Waals surface area contributed by atoms with E-state index in [0.717, 1.165) is 8.58 Å². The minimum atomic E-state index is -1.67. The molecule has 0 radical (unpaired) electrons. The minimum Gasteiger partial charge on any atom is -0.379 e. The Bertz CT molecular complexity index is 406. The fourth-order valence-corrected chi connectivity index (χ4v) is 3.13. The van der Waals surface area contributed by atoms with Crippen LogP contribution < -0.4 is 10.6 Å². The van der Waals surface area contributed by atoms with Gasteiger partial charge in [0.2, 0.25) is 0 Å². The Hall–Kier alpha value is -1.03. The summed E-state index contributed by atoms with van der Waals surface area (Å²) in [5, 5.41) is 2.79. The zero-order valence-electron chi connectivity index (χ0n) is 12.1. The molecule has 0 amide bonds. The molecule has 5 heteroatoms. The minimum absolute atomic E-state index is 0.777. The van der Waals surface area contributed by atoms with Crippen molar-refractivity contribution < 1.29 is 13.3 Å². The molecular formula is C15H21O3PSi. The molecule has 0 unspecified atom stereocenters. The van der Waals surface area contributed by atoms with Crippen LogP contribution in [0.4, 0.5) is 0 Å². The fourth-order valence-electron chi connectivity index (χ4n) is 1.50. The third kappa shape index (κ3) is 6.94. The van der Waals surface area contributed by atoms with Crippen LogP contribution in [0.25, 0.3) is 0 Å². The molecule has 20 heavy (non-hydrogen) atoms. The topological polar surface area (TPSA) is 27.7 Å². The molecule has 0 saturated heterocycles. The van der Waals surface area contributed by atoms with Crippen molar-refractivity contribution in [1.82, 2.24) is 0 Å². The second-order valence-electron chi connectivity index (χ2n) is 3.85. The van der Waals surface area contributed by atoms with Crippen molar-refractivity contribution in [2.45, 2.75) is 0 Å². The normalized spacial score (nSPS) is 10.0. The Balaban J connectivity index is 0.000000246. The molecule has 0 heterocycles. The summed E-state index contributed by atoms with van der Waals surface area (Å²) in [6.45, 7) is 0. The van der Waals surface area contributed by atoms with Gasteiger partial charge in [-0.1, -0.05) is 69.2 Å². The van der Waals surface area contributed by atoms with Crippen LogP contribution in [-0.2, 0) is 13.3 Å². The van der Waals surface area contributed by atoms with Crippen molar-refractivity contribution in [1.29, 1.82) is 0 Å². The van der Waals surface area contributed by atoms with Crippen molar-refractivity contribution >= 4 is 28.7 Å². The summed E-state index contributed by atoms with van der Waals surface area (Å²) < 4.78 is 14.2. The standard InChI is InChI=1S/C12H11P.C3H10O3Si/c1-3-7-11(8-4-1)13-12-9-5-2-6-10-12;1-4-7(5-2)6-3/h1-10,13H;7H,1-3H3. The lowest BCUT2D eigenvalue weighted by atomic mass is 10.4. The Morgan fingerprint density at radius 3 is 1.25 bits per heavy atom. The third-order valence-electron chi connectivity index (χ3n) is 2.41. The highest BCUT2D eigenvalue weighted by Crippen LogP contribution is 2.08. The van der Waals surface area contributed by atoms with E-state index in [1.807, 2.05) is 0 Å². The van der Waals surface area contributed by atoms with E-state index in [9.17, 15) is 0 Å². The largest absolute Gasteiger partial charge is 0.483 e. The van der Waals surface area contributed by atoms with E-state index in [-0.39, 0.29) is 0 Å². The molecular weight excluding hydrogens is 287 g/mol. The van der Waals surface area contributed by atoms with Gasteiger partial charge < -0.3 is 13.3 Å². The van der Waals surface area contributed by atoms with E-state index in [1.165, 1.54) is 10.6 Å². The van der Waals surface area contributed by atoms with E-state index in [4.69, 9.17) is 13.3 Å². The number of hydrogen-bond donors (Lipinski definition) is 0. The molecule has 0 N–H and O–H groups in total. The summed E-state index contributed by atoms with van der Waals surface area (Å²) in [5.41, 5.74) is 0. The van der Waals surface area contributed by atoms with E-state index >= 15 is 0 Å². The van der Waals surface area contributed by atoms with Gasteiger partial charge in [-0.2, -0.15) is 0 Å². The SMILES string of the molecule is CO[SiH](OC)OC.c1ccc(Pc2ccccc2)cc1. The summed E-state index contributed by atoms with van der Waals surface area (Å²) in [5.74, 6) is 0. The van der Waals surface area contributed by atoms with Crippen LogP contribution in [0.3, 0.4) is 0 Å². The molecule has 0 atom stereocenters. The molecule has 0 fully saturated rings. The quantitative estimate of drug-likeness (QED) is 0.624. The average molecular weight is 308 g/mol. The van der Waals surface area contributed by atoms with Gasteiger partial charge in [-0.3, -0.25) is 0 Å². The Morgan fingerprint density at radius 2 is 1.00 bits per heavy atom. The lowest BCUT2D eigenvalue weighted by Gasteiger charge is -2.05. The molecule has 2 rings (SSSR count). The maximum Gasteiger partial charge on any atom is 0.483 e. The fraction of sp³-hybridized carbons (Fsp3) is 0.200. The summed E-state index contributed by atoms with van der Waals surface area (Å²) in [4.78, 5) is 0. The number of hydrogen-bond acceptors (Lipinski definition) is 3. The van der Waals surface area contributed by atoms with Crippen LogP contribution >= 0.6 is 8.58 Å². The van der Waals surface area contributed by atoms with E-state index in [1.54, 1.807) is 21.3 Å². The highest BCUT2D eigenvalue weighted by molar-refractivity contribution is 7.55. The third-order valence-corrected chi connectivity index (χ3v) is 4.81. The molecule has 0 aliphatic heterocycles. The maximum absolute atomic E-state index is 4.74. The van der Waals surface area contributed by atoms with Crippen LogP contribution in [0.2, 0.25) is 0 Å². The molecule has 0 aliphatic rings. The van der Waals surface area contributed by atoms with Gasteiger partial charge in [-0.25, -0.2) is 0 Å². The molecule has 108 valence electrons. The van der Waals surface area contributed by atoms with Gasteiger partial charge in [0.25, 0.3) is 0 Å².